The van der Waals surface area contributed by atoms with Crippen molar-refractivity contribution < 1.29 is 19.8 Å². The maximum atomic E-state index is 11.5. The first-order chi connectivity index (χ1) is 8.99. The zero-order valence-corrected chi connectivity index (χ0v) is 10.9. The average Bonchev–Trinajstić information content (AvgIpc) is 2.36. The van der Waals surface area contributed by atoms with Crippen LogP contribution in [0.4, 0.5) is 0 Å². The number of aliphatic hydroxyl groups is 1. The monoisotopic (exact) mass is 265 g/mol. The molecular weight excluding hydrogens is 246 g/mol. The van der Waals surface area contributed by atoms with Gasteiger partial charge in [0.2, 0.25) is 5.91 Å². The first kappa shape index (κ1) is 15.2. The summed E-state index contributed by atoms with van der Waals surface area (Å²) in [4.78, 5) is 21.9. The van der Waals surface area contributed by atoms with E-state index in [0.29, 0.717) is 12.8 Å². The van der Waals surface area contributed by atoms with Crippen LogP contribution >= 0.6 is 0 Å². The fraction of sp³-hybridized carbons (Fsp3) is 0.429. The SMILES string of the molecule is Cc1cccc(CCC(=O)NCC[C@H](O)C(=O)O)c1. The molecule has 0 heterocycles. The smallest absolute Gasteiger partial charge is 0.332 e. The van der Waals surface area contributed by atoms with Gasteiger partial charge in [-0.3, -0.25) is 4.79 Å². The molecule has 0 bridgehead atoms. The molecule has 0 aromatic heterocycles. The van der Waals surface area contributed by atoms with Crippen molar-refractivity contribution in [2.75, 3.05) is 6.54 Å². The summed E-state index contributed by atoms with van der Waals surface area (Å²) < 4.78 is 0. The van der Waals surface area contributed by atoms with Crippen LogP contribution in [-0.2, 0) is 16.0 Å². The lowest BCUT2D eigenvalue weighted by Crippen LogP contribution is -2.30. The van der Waals surface area contributed by atoms with Crippen LogP contribution in [0.2, 0.25) is 0 Å². The van der Waals surface area contributed by atoms with E-state index in [1.54, 1.807) is 0 Å². The van der Waals surface area contributed by atoms with E-state index >= 15 is 0 Å². The molecule has 0 aliphatic rings. The lowest BCUT2D eigenvalue weighted by atomic mass is 10.1. The molecule has 0 saturated heterocycles. The highest BCUT2D eigenvalue weighted by molar-refractivity contribution is 5.76. The molecule has 1 amide bonds. The van der Waals surface area contributed by atoms with Gasteiger partial charge in [-0.2, -0.15) is 0 Å². The van der Waals surface area contributed by atoms with E-state index in [2.05, 4.69) is 5.32 Å². The van der Waals surface area contributed by atoms with Gasteiger partial charge in [0.15, 0.2) is 6.10 Å². The average molecular weight is 265 g/mol. The highest BCUT2D eigenvalue weighted by Crippen LogP contribution is 2.06. The number of aliphatic carboxylic acids is 1. The summed E-state index contributed by atoms with van der Waals surface area (Å²) in [6.07, 6.45) is -0.398. The van der Waals surface area contributed by atoms with Crippen molar-refractivity contribution in [3.63, 3.8) is 0 Å². The molecule has 1 atom stereocenters. The van der Waals surface area contributed by atoms with Gasteiger partial charge in [-0.05, 0) is 18.9 Å². The minimum atomic E-state index is -1.42. The van der Waals surface area contributed by atoms with Crippen LogP contribution in [0.25, 0.3) is 0 Å². The fourth-order valence-corrected chi connectivity index (χ4v) is 1.69. The van der Waals surface area contributed by atoms with E-state index in [1.807, 2.05) is 31.2 Å². The van der Waals surface area contributed by atoms with E-state index < -0.39 is 12.1 Å². The highest BCUT2D eigenvalue weighted by atomic mass is 16.4. The zero-order valence-electron chi connectivity index (χ0n) is 10.9. The number of carbonyl (C=O) groups excluding carboxylic acids is 1. The number of aryl methyl sites for hydroxylation is 2. The minimum Gasteiger partial charge on any atom is -0.479 e. The van der Waals surface area contributed by atoms with Crippen LogP contribution in [0.15, 0.2) is 24.3 Å². The molecule has 0 spiro atoms. The molecular formula is C14H19NO4. The number of carboxylic acid groups (broad SMARTS) is 1. The van der Waals surface area contributed by atoms with Crippen molar-refractivity contribution in [3.8, 4) is 0 Å². The van der Waals surface area contributed by atoms with Gasteiger partial charge in [0.25, 0.3) is 0 Å². The van der Waals surface area contributed by atoms with Crippen LogP contribution < -0.4 is 5.32 Å². The molecule has 0 fully saturated rings. The predicted octanol–water partition coefficient (Wildman–Crippen LogP) is 0.879. The van der Waals surface area contributed by atoms with E-state index in [1.165, 1.54) is 0 Å². The molecule has 3 N–H and O–H groups in total. The van der Waals surface area contributed by atoms with Crippen LogP contribution in [0.1, 0.15) is 24.0 Å². The molecule has 0 radical (unpaired) electrons. The van der Waals surface area contributed by atoms with Crippen molar-refractivity contribution in [2.45, 2.75) is 32.3 Å². The first-order valence-electron chi connectivity index (χ1n) is 6.22. The van der Waals surface area contributed by atoms with Gasteiger partial charge in [0, 0.05) is 19.4 Å². The number of aliphatic hydroxyl groups excluding tert-OH is 1. The Morgan fingerprint density at radius 2 is 2.11 bits per heavy atom. The number of nitrogens with one attached hydrogen (secondary N) is 1. The molecule has 5 heteroatoms. The van der Waals surface area contributed by atoms with Crippen LogP contribution in [0.3, 0.4) is 0 Å². The van der Waals surface area contributed by atoms with Gasteiger partial charge < -0.3 is 15.5 Å². The van der Waals surface area contributed by atoms with Crippen molar-refractivity contribution in [1.82, 2.24) is 5.32 Å². The second kappa shape index (κ2) is 7.53. The third kappa shape index (κ3) is 6.01. The highest BCUT2D eigenvalue weighted by Gasteiger charge is 2.12. The molecule has 1 aromatic rings. The van der Waals surface area contributed by atoms with Gasteiger partial charge in [-0.1, -0.05) is 29.8 Å². The largest absolute Gasteiger partial charge is 0.479 e. The molecule has 19 heavy (non-hydrogen) atoms. The van der Waals surface area contributed by atoms with Gasteiger partial charge >= 0.3 is 5.97 Å². The Kier molecular flexibility index (Phi) is 6.02. The maximum Gasteiger partial charge on any atom is 0.332 e. The van der Waals surface area contributed by atoms with E-state index in [4.69, 9.17) is 10.2 Å². The Balaban J connectivity index is 2.23. The summed E-state index contributed by atoms with van der Waals surface area (Å²) in [7, 11) is 0. The van der Waals surface area contributed by atoms with Crippen LogP contribution in [0.5, 0.6) is 0 Å². The Labute approximate surface area is 112 Å². The second-order valence-corrected chi connectivity index (χ2v) is 4.48. The van der Waals surface area contributed by atoms with Gasteiger partial charge in [0.1, 0.15) is 0 Å². The van der Waals surface area contributed by atoms with E-state index in [0.717, 1.165) is 11.1 Å². The van der Waals surface area contributed by atoms with Crippen LogP contribution in [0, 0.1) is 6.92 Å². The zero-order chi connectivity index (χ0) is 14.3. The topological polar surface area (TPSA) is 86.6 Å². The third-order valence-electron chi connectivity index (χ3n) is 2.75. The second-order valence-electron chi connectivity index (χ2n) is 4.48. The Morgan fingerprint density at radius 3 is 2.74 bits per heavy atom. The Bertz CT molecular complexity index is 445. The van der Waals surface area contributed by atoms with E-state index in [-0.39, 0.29) is 18.9 Å². The van der Waals surface area contributed by atoms with Gasteiger partial charge in [-0.25, -0.2) is 4.79 Å². The minimum absolute atomic E-state index is 0.0194. The quantitative estimate of drug-likeness (QED) is 0.683. The molecule has 0 saturated carbocycles. The molecule has 1 aromatic carbocycles. The summed E-state index contributed by atoms with van der Waals surface area (Å²) >= 11 is 0. The number of rotatable bonds is 7. The number of hydrogen-bond donors (Lipinski definition) is 3. The van der Waals surface area contributed by atoms with E-state index in [9.17, 15) is 9.59 Å². The number of carbonyl (C=O) groups is 2. The van der Waals surface area contributed by atoms with Crippen molar-refractivity contribution >= 4 is 11.9 Å². The van der Waals surface area contributed by atoms with Crippen LogP contribution in [-0.4, -0.2) is 34.7 Å². The predicted molar refractivity (Wildman–Crippen MR) is 70.8 cm³/mol. The number of benzene rings is 1. The number of carboxylic acids is 1. The number of amides is 1. The lowest BCUT2D eigenvalue weighted by molar-refractivity contribution is -0.147. The summed E-state index contributed by atoms with van der Waals surface area (Å²) in [5.74, 6) is -1.41. The summed E-state index contributed by atoms with van der Waals surface area (Å²) in [6, 6.07) is 7.94. The Morgan fingerprint density at radius 1 is 1.37 bits per heavy atom. The Hall–Kier alpha value is -1.88. The standard InChI is InChI=1S/C14H19NO4/c1-10-3-2-4-11(9-10)5-6-13(17)15-8-7-12(16)14(18)19/h2-4,9,12,16H,5-8H2,1H3,(H,15,17)(H,18,19)/t12-/m0/s1. The normalized spacial score (nSPS) is 11.9. The lowest BCUT2D eigenvalue weighted by Gasteiger charge is -2.07. The van der Waals surface area contributed by atoms with Crippen molar-refractivity contribution in [1.29, 1.82) is 0 Å². The third-order valence-corrected chi connectivity index (χ3v) is 2.75. The maximum absolute atomic E-state index is 11.5. The van der Waals surface area contributed by atoms with Gasteiger partial charge in [0.05, 0.1) is 0 Å². The molecule has 0 unspecified atom stereocenters. The van der Waals surface area contributed by atoms with Crippen molar-refractivity contribution in [3.05, 3.63) is 35.4 Å². The summed E-state index contributed by atoms with van der Waals surface area (Å²) in [5.41, 5.74) is 2.25. The molecule has 104 valence electrons. The van der Waals surface area contributed by atoms with Gasteiger partial charge in [-0.15, -0.1) is 0 Å². The summed E-state index contributed by atoms with van der Waals surface area (Å²) in [5, 5.41) is 20.1. The number of hydrogen-bond acceptors (Lipinski definition) is 3. The summed E-state index contributed by atoms with van der Waals surface area (Å²) in [6.45, 7) is 2.16. The fourth-order valence-electron chi connectivity index (χ4n) is 1.69. The first-order valence-corrected chi connectivity index (χ1v) is 6.22. The molecule has 1 rings (SSSR count). The molecule has 0 aliphatic heterocycles. The molecule has 5 nitrogen and oxygen atoms in total. The van der Waals surface area contributed by atoms with Crippen molar-refractivity contribution in [2.24, 2.45) is 0 Å². The molecule has 0 aliphatic carbocycles.